The van der Waals surface area contributed by atoms with E-state index in [1.54, 1.807) is 19.2 Å². The number of hydrogen-bond acceptors (Lipinski definition) is 5. The number of rotatable bonds is 6. The standard InChI is InChI=1S/C15H22N2O4S/c1-2-21-15(18)13-6-5-10-17(12-13)22(19,20)11-8-14-7-3-4-9-16-14/h3-4,7,9,13H,2,5-6,8,10-12H2,1H3. The predicted octanol–water partition coefficient (Wildman–Crippen LogP) is 1.23. The van der Waals surface area contributed by atoms with E-state index in [1.807, 2.05) is 12.1 Å². The van der Waals surface area contributed by atoms with Crippen molar-refractivity contribution in [1.29, 1.82) is 0 Å². The van der Waals surface area contributed by atoms with Crippen LogP contribution in [0, 0.1) is 5.92 Å². The molecule has 1 saturated heterocycles. The molecule has 6 nitrogen and oxygen atoms in total. The number of hydrogen-bond donors (Lipinski definition) is 0. The van der Waals surface area contributed by atoms with E-state index >= 15 is 0 Å². The summed E-state index contributed by atoms with van der Waals surface area (Å²) in [5, 5.41) is 0. The van der Waals surface area contributed by atoms with Crippen molar-refractivity contribution >= 4 is 16.0 Å². The molecule has 1 aromatic heterocycles. The van der Waals surface area contributed by atoms with Gasteiger partial charge in [-0.2, -0.15) is 0 Å². The molecule has 1 unspecified atom stereocenters. The molecule has 0 amide bonds. The normalized spacial score (nSPS) is 19.8. The van der Waals surface area contributed by atoms with Crippen LogP contribution in [0.1, 0.15) is 25.5 Å². The molecule has 0 N–H and O–H groups in total. The lowest BCUT2D eigenvalue weighted by atomic mass is 10.0. The van der Waals surface area contributed by atoms with E-state index in [0.29, 0.717) is 32.4 Å². The van der Waals surface area contributed by atoms with Gasteiger partial charge in [-0.3, -0.25) is 9.78 Å². The average Bonchev–Trinajstić information content (AvgIpc) is 2.54. The smallest absolute Gasteiger partial charge is 0.310 e. The van der Waals surface area contributed by atoms with Gasteiger partial charge in [-0.1, -0.05) is 6.07 Å². The Morgan fingerprint density at radius 2 is 2.27 bits per heavy atom. The Labute approximate surface area is 131 Å². The number of aromatic nitrogens is 1. The number of carbonyl (C=O) groups excluding carboxylic acids is 1. The largest absolute Gasteiger partial charge is 0.466 e. The summed E-state index contributed by atoms with van der Waals surface area (Å²) < 4.78 is 31.3. The Bertz CT molecular complexity index is 589. The average molecular weight is 326 g/mol. The van der Waals surface area contributed by atoms with Gasteiger partial charge in [-0.15, -0.1) is 0 Å². The van der Waals surface area contributed by atoms with Crippen LogP contribution in [-0.4, -0.2) is 49.1 Å². The first-order valence-corrected chi connectivity index (χ1v) is 9.18. The van der Waals surface area contributed by atoms with Crippen molar-refractivity contribution in [3.8, 4) is 0 Å². The van der Waals surface area contributed by atoms with Gasteiger partial charge in [0.25, 0.3) is 0 Å². The van der Waals surface area contributed by atoms with Crippen LogP contribution in [0.4, 0.5) is 0 Å². The van der Waals surface area contributed by atoms with Gasteiger partial charge < -0.3 is 4.74 Å². The zero-order valence-corrected chi connectivity index (χ0v) is 13.6. The lowest BCUT2D eigenvalue weighted by Crippen LogP contribution is -2.43. The second kappa shape index (κ2) is 7.69. The monoisotopic (exact) mass is 326 g/mol. The van der Waals surface area contributed by atoms with Gasteiger partial charge in [-0.05, 0) is 31.9 Å². The SMILES string of the molecule is CCOC(=O)C1CCCN(S(=O)(=O)CCc2ccccn2)C1. The minimum atomic E-state index is -3.38. The third-order valence-electron chi connectivity index (χ3n) is 3.74. The van der Waals surface area contributed by atoms with E-state index in [2.05, 4.69) is 4.98 Å². The lowest BCUT2D eigenvalue weighted by molar-refractivity contribution is -0.149. The summed E-state index contributed by atoms with van der Waals surface area (Å²) >= 11 is 0. The van der Waals surface area contributed by atoms with E-state index in [9.17, 15) is 13.2 Å². The molecule has 1 aromatic rings. The summed E-state index contributed by atoms with van der Waals surface area (Å²) in [6.07, 6.45) is 3.40. The number of esters is 1. The Morgan fingerprint density at radius 1 is 1.45 bits per heavy atom. The van der Waals surface area contributed by atoms with Crippen LogP contribution in [0.15, 0.2) is 24.4 Å². The molecule has 0 saturated carbocycles. The van der Waals surface area contributed by atoms with E-state index in [-0.39, 0.29) is 24.2 Å². The number of pyridine rings is 1. The number of sulfonamides is 1. The van der Waals surface area contributed by atoms with Crippen molar-refractivity contribution in [3.05, 3.63) is 30.1 Å². The predicted molar refractivity (Wildman–Crippen MR) is 82.7 cm³/mol. The molecule has 0 spiro atoms. The van der Waals surface area contributed by atoms with Gasteiger partial charge >= 0.3 is 5.97 Å². The highest BCUT2D eigenvalue weighted by Gasteiger charge is 2.32. The van der Waals surface area contributed by atoms with E-state index in [4.69, 9.17) is 4.74 Å². The van der Waals surface area contributed by atoms with Crippen molar-refractivity contribution in [2.24, 2.45) is 5.92 Å². The van der Waals surface area contributed by atoms with E-state index in [1.165, 1.54) is 4.31 Å². The Hall–Kier alpha value is -1.47. The molecule has 122 valence electrons. The molecule has 1 aliphatic rings. The van der Waals surface area contributed by atoms with Crippen LogP contribution >= 0.6 is 0 Å². The van der Waals surface area contributed by atoms with Gasteiger partial charge in [-0.25, -0.2) is 12.7 Å². The van der Waals surface area contributed by atoms with Crippen molar-refractivity contribution in [1.82, 2.24) is 9.29 Å². The number of ether oxygens (including phenoxy) is 1. The third kappa shape index (κ3) is 4.51. The van der Waals surface area contributed by atoms with Crippen LogP contribution in [0.2, 0.25) is 0 Å². The summed E-state index contributed by atoms with van der Waals surface area (Å²) in [6.45, 7) is 2.77. The van der Waals surface area contributed by atoms with Crippen LogP contribution in [0.25, 0.3) is 0 Å². The molecule has 7 heteroatoms. The molecule has 0 aromatic carbocycles. The quantitative estimate of drug-likeness (QED) is 0.735. The molecule has 2 rings (SSSR count). The first-order valence-electron chi connectivity index (χ1n) is 7.57. The highest BCUT2D eigenvalue weighted by Crippen LogP contribution is 2.21. The third-order valence-corrected chi connectivity index (χ3v) is 5.58. The summed E-state index contributed by atoms with van der Waals surface area (Å²) in [5.41, 5.74) is 0.755. The summed E-state index contributed by atoms with van der Waals surface area (Å²) in [4.78, 5) is 15.9. The van der Waals surface area contributed by atoms with Crippen LogP contribution in [-0.2, 0) is 26.0 Å². The molecule has 22 heavy (non-hydrogen) atoms. The van der Waals surface area contributed by atoms with Crippen molar-refractivity contribution < 1.29 is 17.9 Å². The topological polar surface area (TPSA) is 76.6 Å². The lowest BCUT2D eigenvalue weighted by Gasteiger charge is -2.30. The first-order chi connectivity index (χ1) is 10.5. The second-order valence-corrected chi connectivity index (χ2v) is 7.42. The maximum atomic E-state index is 12.4. The highest BCUT2D eigenvalue weighted by molar-refractivity contribution is 7.89. The van der Waals surface area contributed by atoms with Crippen LogP contribution in [0.5, 0.6) is 0 Å². The molecule has 1 atom stereocenters. The maximum absolute atomic E-state index is 12.4. The fourth-order valence-electron chi connectivity index (χ4n) is 2.56. The Kier molecular flexibility index (Phi) is 5.90. The number of nitrogens with zero attached hydrogens (tertiary/aromatic N) is 2. The van der Waals surface area contributed by atoms with Crippen molar-refractivity contribution in [2.75, 3.05) is 25.4 Å². The zero-order valence-electron chi connectivity index (χ0n) is 12.8. The van der Waals surface area contributed by atoms with Gasteiger partial charge in [0.05, 0.1) is 18.3 Å². The molecule has 2 heterocycles. The molecule has 1 fully saturated rings. The highest BCUT2D eigenvalue weighted by atomic mass is 32.2. The zero-order chi connectivity index (χ0) is 16.0. The fraction of sp³-hybridized carbons (Fsp3) is 0.600. The molecule has 0 radical (unpaired) electrons. The van der Waals surface area contributed by atoms with Gasteiger partial charge in [0.15, 0.2) is 0 Å². The van der Waals surface area contributed by atoms with Crippen molar-refractivity contribution in [3.63, 3.8) is 0 Å². The van der Waals surface area contributed by atoms with Gasteiger partial charge in [0, 0.05) is 31.4 Å². The number of piperidine rings is 1. The van der Waals surface area contributed by atoms with Crippen LogP contribution in [0.3, 0.4) is 0 Å². The molecule has 0 bridgehead atoms. The summed E-state index contributed by atoms with van der Waals surface area (Å²) in [7, 11) is -3.38. The fourth-order valence-corrected chi connectivity index (χ4v) is 4.10. The Morgan fingerprint density at radius 3 is 2.95 bits per heavy atom. The van der Waals surface area contributed by atoms with Crippen molar-refractivity contribution in [2.45, 2.75) is 26.2 Å². The first kappa shape index (κ1) is 16.9. The minimum Gasteiger partial charge on any atom is -0.466 e. The number of carbonyl (C=O) groups is 1. The van der Waals surface area contributed by atoms with Gasteiger partial charge in [0.1, 0.15) is 0 Å². The van der Waals surface area contributed by atoms with E-state index in [0.717, 1.165) is 5.69 Å². The maximum Gasteiger partial charge on any atom is 0.310 e. The minimum absolute atomic E-state index is 0.0135. The summed E-state index contributed by atoms with van der Waals surface area (Å²) in [5.74, 6) is -0.634. The second-order valence-electron chi connectivity index (χ2n) is 5.34. The molecular weight excluding hydrogens is 304 g/mol. The molecular formula is C15H22N2O4S. The van der Waals surface area contributed by atoms with Crippen LogP contribution < -0.4 is 0 Å². The van der Waals surface area contributed by atoms with Gasteiger partial charge in [0.2, 0.25) is 10.0 Å². The Balaban J connectivity index is 1.95. The number of aryl methyl sites for hydroxylation is 1. The van der Waals surface area contributed by atoms with E-state index < -0.39 is 10.0 Å². The summed E-state index contributed by atoms with van der Waals surface area (Å²) in [6, 6.07) is 5.45. The molecule has 1 aliphatic heterocycles. The molecule has 0 aliphatic carbocycles.